The summed E-state index contributed by atoms with van der Waals surface area (Å²) in [4.78, 5) is 18.1. The van der Waals surface area contributed by atoms with Crippen molar-refractivity contribution in [2.75, 3.05) is 0 Å². The molecule has 0 aliphatic rings. The number of fused-ring (bicyclic) bond motifs is 1. The van der Waals surface area contributed by atoms with Gasteiger partial charge in [0.1, 0.15) is 10.6 Å². The van der Waals surface area contributed by atoms with Crippen LogP contribution in [0.15, 0.2) is 48.5 Å². The zero-order valence-corrected chi connectivity index (χ0v) is 15.6. The van der Waals surface area contributed by atoms with E-state index < -0.39 is 5.97 Å². The summed E-state index contributed by atoms with van der Waals surface area (Å²) in [6.07, 6.45) is 0. The third-order valence-corrected chi connectivity index (χ3v) is 5.30. The molecule has 0 aliphatic heterocycles. The minimum atomic E-state index is -0.406. The van der Waals surface area contributed by atoms with Gasteiger partial charge < -0.3 is 4.74 Å². The zero-order chi connectivity index (χ0) is 18.3. The molecule has 0 saturated heterocycles. The third kappa shape index (κ3) is 3.09. The van der Waals surface area contributed by atoms with Crippen LogP contribution in [0.1, 0.15) is 20.9 Å². The number of carbonyl (C=O) groups is 1. The summed E-state index contributed by atoms with van der Waals surface area (Å²) in [6, 6.07) is 14.7. The van der Waals surface area contributed by atoms with Crippen molar-refractivity contribution in [2.45, 2.75) is 13.8 Å². The SMILES string of the molecule is Cc1ccc(OC(=O)c2sc3nc(-c4ccc(Cl)cc4)nn3c2C)cc1. The lowest BCUT2D eigenvalue weighted by atomic mass is 10.2. The van der Waals surface area contributed by atoms with Crippen LogP contribution in [0.2, 0.25) is 5.02 Å². The number of esters is 1. The highest BCUT2D eigenvalue weighted by molar-refractivity contribution is 7.19. The van der Waals surface area contributed by atoms with E-state index in [1.54, 1.807) is 28.8 Å². The molecule has 26 heavy (non-hydrogen) atoms. The lowest BCUT2D eigenvalue weighted by Gasteiger charge is -2.03. The van der Waals surface area contributed by atoms with Crippen LogP contribution in [0.5, 0.6) is 5.75 Å². The molecule has 4 aromatic rings. The van der Waals surface area contributed by atoms with Crippen LogP contribution in [-0.2, 0) is 0 Å². The van der Waals surface area contributed by atoms with Gasteiger partial charge in [0.15, 0.2) is 5.82 Å². The molecule has 0 bridgehead atoms. The molecule has 2 heterocycles. The number of benzene rings is 2. The average Bonchev–Trinajstić information content (AvgIpc) is 3.17. The third-order valence-electron chi connectivity index (χ3n) is 3.94. The van der Waals surface area contributed by atoms with Gasteiger partial charge in [-0.2, -0.15) is 4.98 Å². The molecule has 0 fully saturated rings. The Morgan fingerprint density at radius 3 is 2.42 bits per heavy atom. The van der Waals surface area contributed by atoms with Crippen LogP contribution < -0.4 is 4.74 Å². The summed E-state index contributed by atoms with van der Waals surface area (Å²) >= 11 is 7.18. The molecule has 7 heteroatoms. The first kappa shape index (κ1) is 16.8. The summed E-state index contributed by atoms with van der Waals surface area (Å²) in [5.41, 5.74) is 2.68. The van der Waals surface area contributed by atoms with Crippen LogP contribution in [0.25, 0.3) is 16.3 Å². The number of carbonyl (C=O) groups excluding carboxylic acids is 1. The van der Waals surface area contributed by atoms with Crippen molar-refractivity contribution in [3.63, 3.8) is 0 Å². The smallest absolute Gasteiger partial charge is 0.355 e. The molecule has 130 valence electrons. The van der Waals surface area contributed by atoms with E-state index in [1.807, 2.05) is 38.1 Å². The van der Waals surface area contributed by atoms with Crippen molar-refractivity contribution in [3.05, 3.63) is 69.7 Å². The number of aromatic nitrogens is 3. The first-order valence-corrected chi connectivity index (χ1v) is 9.11. The van der Waals surface area contributed by atoms with Gasteiger partial charge in [-0.3, -0.25) is 0 Å². The molecule has 0 radical (unpaired) electrons. The van der Waals surface area contributed by atoms with Gasteiger partial charge in [0.2, 0.25) is 4.96 Å². The normalized spacial score (nSPS) is 11.0. The van der Waals surface area contributed by atoms with E-state index in [0.29, 0.717) is 32.1 Å². The fourth-order valence-electron chi connectivity index (χ4n) is 2.51. The zero-order valence-electron chi connectivity index (χ0n) is 14.1. The highest BCUT2D eigenvalue weighted by Crippen LogP contribution is 2.26. The maximum Gasteiger partial charge on any atom is 0.355 e. The van der Waals surface area contributed by atoms with E-state index in [9.17, 15) is 4.79 Å². The Morgan fingerprint density at radius 1 is 1.08 bits per heavy atom. The Kier molecular flexibility index (Phi) is 4.22. The number of aryl methyl sites for hydroxylation is 2. The molecule has 2 aromatic carbocycles. The number of halogens is 1. The summed E-state index contributed by atoms with van der Waals surface area (Å²) in [5.74, 6) is 0.701. The van der Waals surface area contributed by atoms with Gasteiger partial charge >= 0.3 is 5.97 Å². The molecular weight excluding hydrogens is 370 g/mol. The van der Waals surface area contributed by atoms with Crippen molar-refractivity contribution < 1.29 is 9.53 Å². The summed E-state index contributed by atoms with van der Waals surface area (Å²) < 4.78 is 7.12. The first-order valence-electron chi connectivity index (χ1n) is 7.92. The second-order valence-corrected chi connectivity index (χ2v) is 7.27. The molecule has 5 nitrogen and oxygen atoms in total. The Balaban J connectivity index is 1.63. The van der Waals surface area contributed by atoms with Crippen molar-refractivity contribution in [1.29, 1.82) is 0 Å². The fraction of sp³-hybridized carbons (Fsp3) is 0.105. The number of hydrogen-bond donors (Lipinski definition) is 0. The number of nitrogens with zero attached hydrogens (tertiary/aromatic N) is 3. The van der Waals surface area contributed by atoms with Gasteiger partial charge in [0, 0.05) is 10.6 Å². The van der Waals surface area contributed by atoms with Crippen LogP contribution >= 0.6 is 22.9 Å². The van der Waals surface area contributed by atoms with Crippen molar-refractivity contribution in [2.24, 2.45) is 0 Å². The second kappa shape index (κ2) is 6.55. The Labute approximate surface area is 158 Å². The van der Waals surface area contributed by atoms with E-state index in [2.05, 4.69) is 10.1 Å². The van der Waals surface area contributed by atoms with Crippen molar-refractivity contribution in [1.82, 2.24) is 14.6 Å². The van der Waals surface area contributed by atoms with Gasteiger partial charge in [-0.15, -0.1) is 5.10 Å². The molecule has 0 N–H and O–H groups in total. The second-order valence-electron chi connectivity index (χ2n) is 5.86. The summed E-state index contributed by atoms with van der Waals surface area (Å²) in [5, 5.41) is 5.16. The number of hydrogen-bond acceptors (Lipinski definition) is 5. The lowest BCUT2D eigenvalue weighted by Crippen LogP contribution is -2.08. The molecule has 4 rings (SSSR count). The molecule has 2 aromatic heterocycles. The molecule has 0 saturated carbocycles. The van der Waals surface area contributed by atoms with Crippen LogP contribution in [0.3, 0.4) is 0 Å². The Bertz CT molecular complexity index is 1100. The van der Waals surface area contributed by atoms with Crippen LogP contribution in [0.4, 0.5) is 0 Å². The highest BCUT2D eigenvalue weighted by atomic mass is 35.5. The Hall–Kier alpha value is -2.70. The van der Waals surface area contributed by atoms with E-state index in [4.69, 9.17) is 16.3 Å². The minimum absolute atomic E-state index is 0.406. The van der Waals surface area contributed by atoms with Gasteiger partial charge in [-0.05, 0) is 50.2 Å². The van der Waals surface area contributed by atoms with E-state index in [0.717, 1.165) is 11.1 Å². The Morgan fingerprint density at radius 2 is 1.77 bits per heavy atom. The van der Waals surface area contributed by atoms with Crippen LogP contribution in [0, 0.1) is 13.8 Å². The maximum atomic E-state index is 12.5. The lowest BCUT2D eigenvalue weighted by molar-refractivity contribution is 0.0738. The molecule has 0 spiro atoms. The average molecular weight is 384 g/mol. The first-order chi connectivity index (χ1) is 12.5. The molecule has 0 atom stereocenters. The van der Waals surface area contributed by atoms with Gasteiger partial charge in [0.05, 0.1) is 5.69 Å². The van der Waals surface area contributed by atoms with Crippen molar-refractivity contribution in [3.8, 4) is 17.1 Å². The predicted octanol–water partition coefficient (Wildman–Crippen LogP) is 4.95. The van der Waals surface area contributed by atoms with E-state index in [1.165, 1.54) is 11.3 Å². The van der Waals surface area contributed by atoms with Crippen molar-refractivity contribution >= 4 is 33.9 Å². The molecule has 0 unspecified atom stereocenters. The van der Waals surface area contributed by atoms with E-state index >= 15 is 0 Å². The largest absolute Gasteiger partial charge is 0.422 e. The quantitative estimate of drug-likeness (QED) is 0.371. The standard InChI is InChI=1S/C19H14ClN3O2S/c1-11-3-9-15(10-4-11)25-18(24)16-12(2)23-19(26-16)21-17(22-23)13-5-7-14(20)8-6-13/h3-10H,1-2H3. The number of ether oxygens (including phenoxy) is 1. The fourth-order valence-corrected chi connectivity index (χ4v) is 3.58. The summed E-state index contributed by atoms with van der Waals surface area (Å²) in [7, 11) is 0. The van der Waals surface area contributed by atoms with Crippen LogP contribution in [-0.4, -0.2) is 20.6 Å². The molecule has 0 aliphatic carbocycles. The highest BCUT2D eigenvalue weighted by Gasteiger charge is 2.21. The van der Waals surface area contributed by atoms with Gasteiger partial charge in [-0.25, -0.2) is 9.31 Å². The summed E-state index contributed by atoms with van der Waals surface area (Å²) in [6.45, 7) is 3.81. The number of rotatable bonds is 3. The maximum absolute atomic E-state index is 12.5. The van der Waals surface area contributed by atoms with Gasteiger partial charge in [0.25, 0.3) is 0 Å². The number of thiazole rings is 1. The monoisotopic (exact) mass is 383 g/mol. The minimum Gasteiger partial charge on any atom is -0.422 e. The predicted molar refractivity (Wildman–Crippen MR) is 102 cm³/mol. The van der Waals surface area contributed by atoms with Gasteiger partial charge in [-0.1, -0.05) is 40.6 Å². The van der Waals surface area contributed by atoms with E-state index in [-0.39, 0.29) is 0 Å². The molecule has 0 amide bonds. The topological polar surface area (TPSA) is 56.5 Å². The molecular formula is C19H14ClN3O2S.